The Morgan fingerprint density at radius 1 is 1.80 bits per heavy atom. The molecule has 0 bridgehead atoms. The van der Waals surface area contributed by atoms with Gasteiger partial charge < -0.3 is 5.11 Å². The van der Waals surface area contributed by atoms with Crippen molar-refractivity contribution < 1.29 is 9.90 Å². The molecule has 0 atom stereocenters. The van der Waals surface area contributed by atoms with Crippen LogP contribution in [0, 0.1) is 0 Å². The van der Waals surface area contributed by atoms with E-state index >= 15 is 0 Å². The van der Waals surface area contributed by atoms with Crippen molar-refractivity contribution in [3.63, 3.8) is 0 Å². The normalized spacial score (nSPS) is 7.40. The van der Waals surface area contributed by atoms with Gasteiger partial charge in [-0.1, -0.05) is 6.58 Å². The Bertz CT molecular complexity index is 89.6. The zero-order valence-corrected chi connectivity index (χ0v) is 9.12. The molecule has 0 saturated carbocycles. The summed E-state index contributed by atoms with van der Waals surface area (Å²) in [4.78, 5) is 9.25. The fourth-order valence-electron chi connectivity index (χ4n) is 0.177. The van der Waals surface area contributed by atoms with E-state index in [2.05, 4.69) is 13.5 Å². The Hall–Kier alpha value is 0.00870. The van der Waals surface area contributed by atoms with Gasteiger partial charge in [0, 0.05) is 6.08 Å². The van der Waals surface area contributed by atoms with Crippen molar-refractivity contribution in [3.05, 3.63) is 12.7 Å². The molecule has 0 spiro atoms. The van der Waals surface area contributed by atoms with Crippen LogP contribution >= 0.6 is 0 Å². The quantitative estimate of drug-likeness (QED) is 0.608. The molecule has 0 aromatic heterocycles. The minimum atomic E-state index is -0.981. The third-order valence-electron chi connectivity index (χ3n) is 0.705. The van der Waals surface area contributed by atoms with Gasteiger partial charge in [0.1, 0.15) is 0 Å². The molecule has 0 heterocycles. The molecule has 0 rings (SSSR count). The van der Waals surface area contributed by atoms with Gasteiger partial charge in [-0.05, 0) is 0 Å². The predicted octanol–water partition coefficient (Wildman–Crippen LogP) is 1.63. The van der Waals surface area contributed by atoms with E-state index in [0.29, 0.717) is 0 Å². The van der Waals surface area contributed by atoms with Crippen molar-refractivity contribution >= 4 is 28.5 Å². The maximum absolute atomic E-state index is 9.25. The van der Waals surface area contributed by atoms with Crippen LogP contribution in [0.25, 0.3) is 0 Å². The van der Waals surface area contributed by atoms with Crippen molar-refractivity contribution in [3.8, 4) is 0 Å². The van der Waals surface area contributed by atoms with E-state index < -0.39 is 5.97 Å². The van der Waals surface area contributed by atoms with Gasteiger partial charge in [0.2, 0.25) is 0 Å². The maximum atomic E-state index is 9.25. The number of unbranched alkanes of at least 4 members (excludes halogenated alkanes) is 1. The Labute approximate surface area is 75.4 Å². The fourth-order valence-corrected chi connectivity index (χ4v) is 1.19. The van der Waals surface area contributed by atoms with Crippen LogP contribution in [0.2, 0.25) is 4.44 Å². The summed E-state index contributed by atoms with van der Waals surface area (Å²) < 4.78 is 1.43. The SMILES string of the molecule is C=CC(=O)O.CCC[CH2][Sn]. The first-order valence-corrected chi connectivity index (χ1v) is 5.20. The third kappa shape index (κ3) is 24.5. The molecule has 1 N–H and O–H groups in total. The second-order valence-electron chi connectivity index (χ2n) is 1.65. The van der Waals surface area contributed by atoms with Gasteiger partial charge in [0.05, 0.1) is 0 Å². The zero-order valence-electron chi connectivity index (χ0n) is 6.26. The fraction of sp³-hybridized carbons (Fsp3) is 0.571. The number of carboxylic acids is 1. The van der Waals surface area contributed by atoms with Crippen molar-refractivity contribution in [1.82, 2.24) is 0 Å². The van der Waals surface area contributed by atoms with Crippen LogP contribution in [0.5, 0.6) is 0 Å². The number of hydrogen-bond donors (Lipinski definition) is 1. The van der Waals surface area contributed by atoms with Crippen molar-refractivity contribution in [1.29, 1.82) is 0 Å². The molecule has 0 unspecified atom stereocenters. The van der Waals surface area contributed by atoms with E-state index in [4.69, 9.17) is 5.11 Å². The predicted molar refractivity (Wildman–Crippen MR) is 43.3 cm³/mol. The van der Waals surface area contributed by atoms with Gasteiger partial charge in [0.25, 0.3) is 0 Å². The Kier molecular flexibility index (Phi) is 14.9. The van der Waals surface area contributed by atoms with Crippen LogP contribution < -0.4 is 0 Å². The molecular formula is C7H13O2Sn. The minimum absolute atomic E-state index is 0.833. The summed E-state index contributed by atoms with van der Waals surface area (Å²) in [6, 6.07) is 0. The van der Waals surface area contributed by atoms with Crippen LogP contribution in [-0.4, -0.2) is 33.6 Å². The number of carbonyl (C=O) groups is 1. The summed E-state index contributed by atoms with van der Waals surface area (Å²) in [5.41, 5.74) is 0. The van der Waals surface area contributed by atoms with E-state index in [1.165, 1.54) is 17.3 Å². The molecule has 57 valence electrons. The molecule has 0 saturated heterocycles. The van der Waals surface area contributed by atoms with E-state index in [-0.39, 0.29) is 0 Å². The standard InChI is InChI=1S/C4H9.C3H4O2.Sn/c1-3-4-2;1-2-3(4)5;/h1,3-4H2,2H3;2H,1H2,(H,4,5);. The summed E-state index contributed by atoms with van der Waals surface area (Å²) >= 11 is 1.68. The molecule has 3 radical (unpaired) electrons. The summed E-state index contributed by atoms with van der Waals surface area (Å²) in [5, 5.41) is 7.60. The van der Waals surface area contributed by atoms with Crippen molar-refractivity contribution in [2.45, 2.75) is 24.2 Å². The van der Waals surface area contributed by atoms with Crippen LogP contribution in [0.3, 0.4) is 0 Å². The molecule has 0 aromatic rings. The van der Waals surface area contributed by atoms with Gasteiger partial charge in [-0.15, -0.1) is 0 Å². The average molecular weight is 248 g/mol. The van der Waals surface area contributed by atoms with E-state index in [9.17, 15) is 4.79 Å². The second-order valence-corrected chi connectivity index (χ2v) is 3.07. The Morgan fingerprint density at radius 3 is 2.20 bits per heavy atom. The Morgan fingerprint density at radius 2 is 2.20 bits per heavy atom. The summed E-state index contributed by atoms with van der Waals surface area (Å²) in [6.45, 7) is 5.19. The van der Waals surface area contributed by atoms with Crippen molar-refractivity contribution in [2.75, 3.05) is 0 Å². The van der Waals surface area contributed by atoms with Crippen molar-refractivity contribution in [2.24, 2.45) is 0 Å². The number of hydrogen-bond acceptors (Lipinski definition) is 1. The molecule has 0 aliphatic heterocycles. The monoisotopic (exact) mass is 249 g/mol. The topological polar surface area (TPSA) is 37.3 Å². The molecule has 0 fully saturated rings. The molecular weight excluding hydrogens is 235 g/mol. The summed E-state index contributed by atoms with van der Waals surface area (Å²) in [7, 11) is 0. The third-order valence-corrected chi connectivity index (χ3v) is 1.71. The van der Waals surface area contributed by atoms with Gasteiger partial charge in [-0.3, -0.25) is 0 Å². The zero-order chi connectivity index (χ0) is 8.41. The van der Waals surface area contributed by atoms with E-state index in [1.54, 1.807) is 22.5 Å². The van der Waals surface area contributed by atoms with Crippen LogP contribution in [0.4, 0.5) is 0 Å². The van der Waals surface area contributed by atoms with Gasteiger partial charge in [-0.2, -0.15) is 0 Å². The van der Waals surface area contributed by atoms with Crippen LogP contribution in [0.15, 0.2) is 12.7 Å². The second kappa shape index (κ2) is 11.8. The average Bonchev–Trinajstić information content (AvgIpc) is 1.91. The molecule has 10 heavy (non-hydrogen) atoms. The molecule has 2 nitrogen and oxygen atoms in total. The molecule has 0 aromatic carbocycles. The van der Waals surface area contributed by atoms with E-state index in [0.717, 1.165) is 6.08 Å². The van der Waals surface area contributed by atoms with Gasteiger partial charge >= 0.3 is 52.7 Å². The number of aliphatic carboxylic acids is 1. The number of rotatable bonds is 3. The summed E-state index contributed by atoms with van der Waals surface area (Å²) in [5.74, 6) is -0.981. The first-order valence-electron chi connectivity index (χ1n) is 3.19. The van der Waals surface area contributed by atoms with E-state index in [1.807, 2.05) is 0 Å². The number of carboxylic acid groups (broad SMARTS) is 1. The van der Waals surface area contributed by atoms with Crippen LogP contribution in [0.1, 0.15) is 19.8 Å². The van der Waals surface area contributed by atoms with Gasteiger partial charge in [0.15, 0.2) is 0 Å². The van der Waals surface area contributed by atoms with Crippen LogP contribution in [-0.2, 0) is 4.79 Å². The molecule has 0 aliphatic rings. The molecule has 0 amide bonds. The molecule has 3 heteroatoms. The first kappa shape index (κ1) is 12.7. The Balaban J connectivity index is 0. The molecule has 0 aliphatic carbocycles. The van der Waals surface area contributed by atoms with Gasteiger partial charge in [-0.25, -0.2) is 4.79 Å². The summed E-state index contributed by atoms with van der Waals surface area (Å²) in [6.07, 6.45) is 3.63. The first-order chi connectivity index (χ1) is 4.68.